The van der Waals surface area contributed by atoms with Crippen LogP contribution in [0.2, 0.25) is 5.02 Å². The number of benzene rings is 2. The molecule has 2 fully saturated rings. The zero-order chi connectivity index (χ0) is 33.9. The Balaban J connectivity index is 1.18. The molecule has 12 nitrogen and oxygen atoms in total. The van der Waals surface area contributed by atoms with Crippen molar-refractivity contribution in [2.24, 2.45) is 0 Å². The van der Waals surface area contributed by atoms with E-state index in [-0.39, 0.29) is 28.7 Å². The Bertz CT molecular complexity index is 1690. The maximum atomic E-state index is 15.4. The lowest BCUT2D eigenvalue weighted by Crippen LogP contribution is -2.55. The number of hydrogen-bond acceptors (Lipinski definition) is 10. The Morgan fingerprint density at radius 3 is 2.36 bits per heavy atom. The molecule has 2 saturated heterocycles. The SMILES string of the molecule is CN(c1ccccc1Nc1nc(Nc2ccc(N3CCC(N4CCN(C(=O)OC(C)(C)C)CC4)CC3)c(F)c2)ncc1Cl)S(C)(=O)=O. The molecule has 3 aromatic rings. The topological polar surface area (TPSA) is 123 Å². The molecule has 0 aliphatic carbocycles. The molecule has 3 heterocycles. The van der Waals surface area contributed by atoms with Gasteiger partial charge < -0.3 is 25.2 Å². The van der Waals surface area contributed by atoms with Crippen LogP contribution < -0.4 is 19.8 Å². The van der Waals surface area contributed by atoms with Crippen LogP contribution >= 0.6 is 11.6 Å². The van der Waals surface area contributed by atoms with E-state index in [2.05, 4.69) is 30.4 Å². The number of rotatable bonds is 8. The van der Waals surface area contributed by atoms with Crippen LogP contribution in [0.1, 0.15) is 33.6 Å². The molecule has 47 heavy (non-hydrogen) atoms. The Kier molecular flexibility index (Phi) is 10.3. The van der Waals surface area contributed by atoms with E-state index in [1.807, 2.05) is 20.8 Å². The van der Waals surface area contributed by atoms with Gasteiger partial charge in [0.25, 0.3) is 0 Å². The Morgan fingerprint density at radius 1 is 1.04 bits per heavy atom. The lowest BCUT2D eigenvalue weighted by atomic mass is 10.0. The number of anilines is 6. The molecule has 2 aliphatic rings. The van der Waals surface area contributed by atoms with E-state index < -0.39 is 15.6 Å². The first-order chi connectivity index (χ1) is 22.2. The van der Waals surface area contributed by atoms with Crippen molar-refractivity contribution in [3.63, 3.8) is 0 Å². The van der Waals surface area contributed by atoms with Crippen LogP contribution in [0.25, 0.3) is 0 Å². The van der Waals surface area contributed by atoms with E-state index >= 15 is 4.39 Å². The number of sulfonamides is 1. The summed E-state index contributed by atoms with van der Waals surface area (Å²) in [6, 6.07) is 12.2. The predicted molar refractivity (Wildman–Crippen MR) is 184 cm³/mol. The number of carbonyl (C=O) groups is 1. The van der Waals surface area contributed by atoms with Gasteiger partial charge in [0.2, 0.25) is 16.0 Å². The third kappa shape index (κ3) is 8.73. The quantitative estimate of drug-likeness (QED) is 0.306. The van der Waals surface area contributed by atoms with Crippen molar-refractivity contribution in [3.05, 3.63) is 59.5 Å². The number of carbonyl (C=O) groups excluding carboxylic acids is 1. The molecular formula is C32H42ClFN8O4S. The zero-order valence-electron chi connectivity index (χ0n) is 27.3. The van der Waals surface area contributed by atoms with E-state index in [1.54, 1.807) is 41.3 Å². The summed E-state index contributed by atoms with van der Waals surface area (Å²) in [5.74, 6) is 0.0831. The van der Waals surface area contributed by atoms with Gasteiger partial charge in [-0.1, -0.05) is 23.7 Å². The van der Waals surface area contributed by atoms with E-state index in [4.69, 9.17) is 16.3 Å². The molecule has 0 unspecified atom stereocenters. The van der Waals surface area contributed by atoms with Crippen LogP contribution in [0.15, 0.2) is 48.7 Å². The summed E-state index contributed by atoms with van der Waals surface area (Å²) in [6.45, 7) is 9.95. The van der Waals surface area contributed by atoms with Gasteiger partial charge in [-0.25, -0.2) is 22.6 Å². The number of hydrogen-bond donors (Lipinski definition) is 2. The van der Waals surface area contributed by atoms with Gasteiger partial charge in [-0.05, 0) is 63.9 Å². The smallest absolute Gasteiger partial charge is 0.410 e. The zero-order valence-corrected chi connectivity index (χ0v) is 28.9. The van der Waals surface area contributed by atoms with Crippen molar-refractivity contribution in [1.29, 1.82) is 0 Å². The van der Waals surface area contributed by atoms with Crippen LogP contribution in [0, 0.1) is 5.82 Å². The van der Waals surface area contributed by atoms with Crippen molar-refractivity contribution >= 4 is 62.2 Å². The number of amides is 1. The highest BCUT2D eigenvalue weighted by Crippen LogP contribution is 2.33. The largest absolute Gasteiger partial charge is 0.444 e. The van der Waals surface area contributed by atoms with Gasteiger partial charge in [0.1, 0.15) is 16.4 Å². The van der Waals surface area contributed by atoms with Gasteiger partial charge in [0, 0.05) is 58.0 Å². The van der Waals surface area contributed by atoms with Gasteiger partial charge >= 0.3 is 6.09 Å². The summed E-state index contributed by atoms with van der Waals surface area (Å²) in [7, 11) is -2.04. The molecule has 0 spiro atoms. The van der Waals surface area contributed by atoms with Gasteiger partial charge in [-0.2, -0.15) is 4.98 Å². The second-order valence-corrected chi connectivity index (χ2v) is 15.2. The van der Waals surface area contributed by atoms with Crippen LogP contribution in [0.5, 0.6) is 0 Å². The summed E-state index contributed by atoms with van der Waals surface area (Å²) in [6.07, 6.45) is 4.08. The van der Waals surface area contributed by atoms with Crippen molar-refractivity contribution in [2.45, 2.75) is 45.3 Å². The molecule has 1 amide bonds. The number of nitrogens with zero attached hydrogens (tertiary/aromatic N) is 6. The summed E-state index contributed by atoms with van der Waals surface area (Å²) >= 11 is 6.37. The Morgan fingerprint density at radius 2 is 1.72 bits per heavy atom. The highest BCUT2D eigenvalue weighted by molar-refractivity contribution is 7.92. The number of nitrogens with one attached hydrogen (secondary N) is 2. The molecule has 0 atom stereocenters. The second kappa shape index (κ2) is 14.1. The fourth-order valence-corrected chi connectivity index (χ4v) is 6.37. The van der Waals surface area contributed by atoms with Crippen molar-refractivity contribution < 1.29 is 22.3 Å². The number of para-hydroxylation sites is 2. The maximum Gasteiger partial charge on any atom is 0.410 e. The predicted octanol–water partition coefficient (Wildman–Crippen LogP) is 5.67. The molecule has 0 bridgehead atoms. The monoisotopic (exact) mass is 688 g/mol. The minimum Gasteiger partial charge on any atom is -0.444 e. The van der Waals surface area contributed by atoms with E-state index in [0.29, 0.717) is 41.9 Å². The average molecular weight is 689 g/mol. The fourth-order valence-electron chi connectivity index (χ4n) is 5.71. The van der Waals surface area contributed by atoms with Gasteiger partial charge in [0.15, 0.2) is 5.82 Å². The first-order valence-electron chi connectivity index (χ1n) is 15.5. The lowest BCUT2D eigenvalue weighted by molar-refractivity contribution is 0.00901. The molecule has 254 valence electrons. The number of aromatic nitrogens is 2. The third-order valence-electron chi connectivity index (χ3n) is 8.23. The molecule has 0 radical (unpaired) electrons. The third-order valence-corrected chi connectivity index (χ3v) is 9.70. The number of piperazine rings is 1. The highest BCUT2D eigenvalue weighted by atomic mass is 35.5. The van der Waals surface area contributed by atoms with Crippen LogP contribution in [-0.2, 0) is 14.8 Å². The maximum absolute atomic E-state index is 15.4. The first-order valence-corrected chi connectivity index (χ1v) is 17.8. The van der Waals surface area contributed by atoms with Crippen molar-refractivity contribution in [3.8, 4) is 0 Å². The number of piperidine rings is 1. The van der Waals surface area contributed by atoms with Crippen molar-refractivity contribution in [1.82, 2.24) is 19.8 Å². The molecular weight excluding hydrogens is 647 g/mol. The van der Waals surface area contributed by atoms with E-state index in [1.165, 1.54) is 19.3 Å². The molecule has 5 rings (SSSR count). The van der Waals surface area contributed by atoms with Crippen LogP contribution in [0.4, 0.5) is 43.7 Å². The molecule has 1 aromatic heterocycles. The van der Waals surface area contributed by atoms with Gasteiger partial charge in [-0.15, -0.1) is 0 Å². The molecule has 0 saturated carbocycles. The fraction of sp³-hybridized carbons (Fsp3) is 0.469. The summed E-state index contributed by atoms with van der Waals surface area (Å²) in [4.78, 5) is 27.4. The number of ether oxygens (including phenoxy) is 1. The molecule has 2 N–H and O–H groups in total. The second-order valence-electron chi connectivity index (χ2n) is 12.8. The summed E-state index contributed by atoms with van der Waals surface area (Å²) < 4.78 is 46.4. The minimum atomic E-state index is -3.50. The lowest BCUT2D eigenvalue weighted by Gasteiger charge is -2.43. The van der Waals surface area contributed by atoms with Crippen molar-refractivity contribution in [2.75, 3.05) is 72.4 Å². The van der Waals surface area contributed by atoms with Gasteiger partial charge in [0.05, 0.1) is 29.5 Å². The average Bonchev–Trinajstić information content (AvgIpc) is 3.02. The molecule has 2 aromatic carbocycles. The minimum absolute atomic E-state index is 0.186. The van der Waals surface area contributed by atoms with E-state index in [9.17, 15) is 13.2 Å². The molecule has 15 heteroatoms. The Labute approximate surface area is 280 Å². The summed E-state index contributed by atoms with van der Waals surface area (Å²) in [5, 5.41) is 6.35. The van der Waals surface area contributed by atoms with Crippen LogP contribution in [-0.4, -0.2) is 98.5 Å². The Hall–Kier alpha value is -3.88. The standard InChI is InChI=1S/C32H42ClFN8O4S/c1-32(2,3)46-31(43)42-18-16-40(17-19-42)23-12-14-41(15-13-23)27-11-10-22(20-25(27)34)36-30-35-21-24(33)29(38-30)37-26-8-6-7-9-28(26)39(4)47(5,44)45/h6-11,20-21,23H,12-19H2,1-5H3,(H2,35,36,37,38). The molecule has 2 aliphatic heterocycles. The summed E-state index contributed by atoms with van der Waals surface area (Å²) in [5.41, 5.74) is 1.39. The van der Waals surface area contributed by atoms with Gasteiger partial charge in [-0.3, -0.25) is 9.21 Å². The number of halogens is 2. The first kappa shape index (κ1) is 34.5. The van der Waals surface area contributed by atoms with E-state index in [0.717, 1.165) is 49.6 Å². The highest BCUT2D eigenvalue weighted by Gasteiger charge is 2.31. The normalized spacial score (nSPS) is 16.6. The van der Waals surface area contributed by atoms with Crippen LogP contribution in [0.3, 0.4) is 0 Å².